The van der Waals surface area contributed by atoms with Crippen LogP contribution in [0.5, 0.6) is 0 Å². The lowest BCUT2D eigenvalue weighted by Crippen LogP contribution is -2.48. The number of nitrogens with zero attached hydrogens (tertiary/aromatic N) is 1. The summed E-state index contributed by atoms with van der Waals surface area (Å²) in [7, 11) is 0. The van der Waals surface area contributed by atoms with Crippen LogP contribution in [0.1, 0.15) is 37.0 Å². The quantitative estimate of drug-likeness (QED) is 0.760. The van der Waals surface area contributed by atoms with Gasteiger partial charge in [0.25, 0.3) is 0 Å². The minimum atomic E-state index is -0.301. The van der Waals surface area contributed by atoms with Crippen LogP contribution >= 0.6 is 12.4 Å². The lowest BCUT2D eigenvalue weighted by molar-refractivity contribution is -0.186. The maximum atomic E-state index is 10.2. The van der Waals surface area contributed by atoms with Crippen molar-refractivity contribution in [2.45, 2.75) is 51.3 Å². The number of morpholine rings is 1. The zero-order valence-corrected chi connectivity index (χ0v) is 12.5. The summed E-state index contributed by atoms with van der Waals surface area (Å²) in [5.41, 5.74) is 0.671. The summed E-state index contributed by atoms with van der Waals surface area (Å²) in [6.07, 6.45) is 3.29. The molecule has 2 rings (SSSR count). The maximum absolute atomic E-state index is 10.2. The van der Waals surface area contributed by atoms with Crippen LogP contribution in [-0.2, 0) is 4.74 Å². The zero-order valence-electron chi connectivity index (χ0n) is 13.7. The van der Waals surface area contributed by atoms with E-state index in [9.17, 15) is 5.21 Å². The van der Waals surface area contributed by atoms with Crippen molar-refractivity contribution in [2.75, 3.05) is 19.7 Å². The molecule has 2 aliphatic heterocycles. The van der Waals surface area contributed by atoms with Crippen LogP contribution in [0.3, 0.4) is 0 Å². The maximum Gasteiger partial charge on any atom is 1.00 e. The van der Waals surface area contributed by atoms with Crippen LogP contribution in [0.2, 0.25) is 0 Å². The van der Waals surface area contributed by atoms with Gasteiger partial charge in [-0.1, -0.05) is 6.08 Å². The predicted octanol–water partition coefficient (Wildman–Crippen LogP) is 2.20. The van der Waals surface area contributed by atoms with Gasteiger partial charge in [0.2, 0.25) is 0 Å². The smallest absolute Gasteiger partial charge is 0.375 e. The second kappa shape index (κ2) is 5.47. The molecule has 106 valence electrons. The molecule has 1 saturated heterocycles. The van der Waals surface area contributed by atoms with Crippen molar-refractivity contribution >= 4 is 12.4 Å². The third-order valence-corrected chi connectivity index (χ3v) is 3.84. The number of rotatable bonds is 2. The lowest BCUT2D eigenvalue weighted by Gasteiger charge is -2.37. The minimum Gasteiger partial charge on any atom is -0.375 e. The van der Waals surface area contributed by atoms with Crippen LogP contribution in [0.25, 0.3) is 0 Å². The van der Waals surface area contributed by atoms with Gasteiger partial charge in [0.1, 0.15) is 0 Å². The summed E-state index contributed by atoms with van der Waals surface area (Å²) in [6.45, 7) is 10.8. The second-order valence-electron chi connectivity index (χ2n) is 6.10. The summed E-state index contributed by atoms with van der Waals surface area (Å²) in [5, 5.41) is 15.0. The highest BCUT2D eigenvalue weighted by Crippen LogP contribution is 2.40. The third-order valence-electron chi connectivity index (χ3n) is 3.84. The molecule has 2 N–H and O–H groups in total. The molecule has 1 unspecified atom stereocenters. The molecule has 1 fully saturated rings. The average Bonchev–Trinajstić information content (AvgIpc) is 2.41. The van der Waals surface area contributed by atoms with Crippen LogP contribution in [0, 0.1) is 0 Å². The molecule has 0 saturated carbocycles. The zero-order chi connectivity index (χ0) is 12.7. The Hall–Kier alpha value is -0.130. The highest BCUT2D eigenvalue weighted by atomic mass is 35.5. The van der Waals surface area contributed by atoms with E-state index in [-0.39, 0.29) is 32.4 Å². The van der Waals surface area contributed by atoms with Gasteiger partial charge >= 0.3 is 2.85 Å². The van der Waals surface area contributed by atoms with Gasteiger partial charge in [-0.3, -0.25) is 0 Å². The van der Waals surface area contributed by atoms with E-state index in [0.717, 1.165) is 26.1 Å². The topological polar surface area (TPSA) is 44.7 Å². The second-order valence-corrected chi connectivity index (χ2v) is 6.10. The van der Waals surface area contributed by atoms with Gasteiger partial charge in [-0.15, -0.1) is 12.4 Å². The Labute approximate surface area is 119 Å². The van der Waals surface area contributed by atoms with E-state index in [4.69, 9.17) is 4.74 Å². The monoisotopic (exact) mass is 278 g/mol. The number of ether oxygens (including phenoxy) is 1. The minimum absolute atomic E-state index is 0. The molecule has 0 radical (unpaired) electrons. The number of hydrogen-bond donors (Lipinski definition) is 2. The summed E-state index contributed by atoms with van der Waals surface area (Å²) in [5.74, 6) is 0. The fourth-order valence-electron chi connectivity index (χ4n) is 2.83. The van der Waals surface area contributed by atoms with Crippen molar-refractivity contribution in [1.29, 1.82) is 0 Å². The highest BCUT2D eigenvalue weighted by Gasteiger charge is 2.45. The van der Waals surface area contributed by atoms with E-state index in [0.29, 0.717) is 0 Å². The molecular weight excluding hydrogens is 252 g/mol. The summed E-state index contributed by atoms with van der Waals surface area (Å²) < 4.78 is 5.73. The first-order chi connectivity index (χ1) is 7.84. The number of halogens is 1. The molecule has 1 atom stereocenters. The molecule has 5 heteroatoms. The standard InChI is InChI=1S/C13H24N2O2.ClH/c1-12(2)8-10(13(3,4)15(12)16)7-11-9-14-5-6-17-11;/h8,11,14,16H,5-7,9H2,1-4H3;1H/p+2. The molecule has 0 aliphatic carbocycles. The molecule has 0 bridgehead atoms. The summed E-state index contributed by atoms with van der Waals surface area (Å²) >= 11 is 0. The first-order valence-electron chi connectivity index (χ1n) is 6.38. The van der Waals surface area contributed by atoms with E-state index in [1.165, 1.54) is 10.6 Å². The molecule has 0 aromatic heterocycles. The molecule has 0 amide bonds. The molecular formula is C13H27ClN2O2+2. The average molecular weight is 279 g/mol. The largest absolute Gasteiger partial charge is 1.00 e. The number of hydrogen-bond acceptors (Lipinski definition) is 4. The Bertz CT molecular complexity index is 332. The van der Waals surface area contributed by atoms with Crippen molar-refractivity contribution in [1.82, 2.24) is 10.4 Å². The summed E-state index contributed by atoms with van der Waals surface area (Å²) in [6, 6.07) is 0. The number of nitrogens with one attached hydrogen (secondary N) is 1. The van der Waals surface area contributed by atoms with E-state index in [2.05, 4.69) is 25.2 Å². The molecule has 2 heterocycles. The van der Waals surface area contributed by atoms with Crippen molar-refractivity contribution in [3.8, 4) is 0 Å². The summed E-state index contributed by atoms with van der Waals surface area (Å²) in [4.78, 5) is 0. The normalized spacial score (nSPS) is 30.7. The van der Waals surface area contributed by atoms with Gasteiger partial charge in [-0.2, -0.15) is 5.06 Å². The third kappa shape index (κ3) is 2.89. The Morgan fingerprint density at radius 1 is 1.50 bits per heavy atom. The van der Waals surface area contributed by atoms with Gasteiger partial charge in [-0.05, 0) is 39.7 Å². The van der Waals surface area contributed by atoms with E-state index in [1.807, 2.05) is 13.8 Å². The van der Waals surface area contributed by atoms with Crippen molar-refractivity contribution in [3.05, 3.63) is 11.6 Å². The van der Waals surface area contributed by atoms with E-state index in [1.54, 1.807) is 0 Å². The Morgan fingerprint density at radius 3 is 2.61 bits per heavy atom. The van der Waals surface area contributed by atoms with Gasteiger partial charge in [0.15, 0.2) is 0 Å². The molecule has 0 spiro atoms. The predicted molar refractivity (Wildman–Crippen MR) is 76.6 cm³/mol. The SMILES string of the molecule is CC1(C)C=C(CC2CNCCO2)C(C)(C)N1O.Cl.[H+].[H+]. The van der Waals surface area contributed by atoms with E-state index < -0.39 is 0 Å². The van der Waals surface area contributed by atoms with Gasteiger partial charge in [-0.25, -0.2) is 0 Å². The van der Waals surface area contributed by atoms with Gasteiger partial charge < -0.3 is 15.3 Å². The highest BCUT2D eigenvalue weighted by molar-refractivity contribution is 5.85. The Morgan fingerprint density at radius 2 is 2.17 bits per heavy atom. The van der Waals surface area contributed by atoms with Crippen molar-refractivity contribution in [2.24, 2.45) is 0 Å². The van der Waals surface area contributed by atoms with Crippen LogP contribution in [0.4, 0.5) is 0 Å². The first-order valence-corrected chi connectivity index (χ1v) is 6.38. The van der Waals surface area contributed by atoms with Crippen LogP contribution in [-0.4, -0.2) is 47.1 Å². The van der Waals surface area contributed by atoms with Gasteiger partial charge in [0.05, 0.1) is 23.8 Å². The fraction of sp³-hybridized carbons (Fsp3) is 0.846. The van der Waals surface area contributed by atoms with Crippen molar-refractivity contribution in [3.63, 3.8) is 0 Å². The van der Waals surface area contributed by atoms with Crippen molar-refractivity contribution < 1.29 is 12.8 Å². The molecule has 18 heavy (non-hydrogen) atoms. The lowest BCUT2D eigenvalue weighted by atomic mass is 9.91. The Kier molecular flexibility index (Phi) is 4.84. The molecule has 4 nitrogen and oxygen atoms in total. The van der Waals surface area contributed by atoms with E-state index >= 15 is 0 Å². The van der Waals surface area contributed by atoms with Crippen LogP contribution in [0.15, 0.2) is 11.6 Å². The molecule has 0 aromatic rings. The molecule has 2 aliphatic rings. The Balaban J connectivity index is 0. The number of hydroxylamine groups is 2. The van der Waals surface area contributed by atoms with Gasteiger partial charge in [0, 0.05) is 13.1 Å². The first kappa shape index (κ1) is 15.9. The fourth-order valence-corrected chi connectivity index (χ4v) is 2.83. The van der Waals surface area contributed by atoms with Crippen LogP contribution < -0.4 is 5.32 Å². The molecule has 0 aromatic carbocycles.